The van der Waals surface area contributed by atoms with Crippen molar-refractivity contribution in [3.8, 4) is 0 Å². The molecule has 18 heavy (non-hydrogen) atoms. The molecule has 6 heteroatoms. The van der Waals surface area contributed by atoms with Gasteiger partial charge >= 0.3 is 5.97 Å². The molecule has 5 nitrogen and oxygen atoms in total. The predicted molar refractivity (Wildman–Crippen MR) is 60.4 cm³/mol. The van der Waals surface area contributed by atoms with Gasteiger partial charge in [-0.25, -0.2) is 4.98 Å². The van der Waals surface area contributed by atoms with Crippen molar-refractivity contribution in [2.24, 2.45) is 5.92 Å². The van der Waals surface area contributed by atoms with Crippen LogP contribution < -0.4 is 5.32 Å². The highest BCUT2D eigenvalue weighted by molar-refractivity contribution is 5.94. The van der Waals surface area contributed by atoms with Crippen LogP contribution in [0, 0.1) is 11.9 Å². The quantitative estimate of drug-likeness (QED) is 0.792. The number of rotatable bonds is 3. The first kappa shape index (κ1) is 12.5. The molecule has 96 valence electrons. The molecule has 1 aliphatic carbocycles. The van der Waals surface area contributed by atoms with Gasteiger partial charge in [-0.3, -0.25) is 9.59 Å². The van der Waals surface area contributed by atoms with E-state index in [1.54, 1.807) is 0 Å². The van der Waals surface area contributed by atoms with E-state index in [-0.39, 0.29) is 11.6 Å². The Labute approximate surface area is 103 Å². The summed E-state index contributed by atoms with van der Waals surface area (Å²) in [6.07, 6.45) is 3.14. The zero-order chi connectivity index (χ0) is 13.1. The Morgan fingerprint density at radius 2 is 2.17 bits per heavy atom. The number of pyridine rings is 1. The van der Waals surface area contributed by atoms with Crippen LogP contribution in [-0.4, -0.2) is 28.0 Å². The van der Waals surface area contributed by atoms with Gasteiger partial charge in [-0.1, -0.05) is 6.42 Å². The van der Waals surface area contributed by atoms with Gasteiger partial charge in [-0.05, 0) is 25.0 Å². The van der Waals surface area contributed by atoms with E-state index in [4.69, 9.17) is 5.11 Å². The Bertz CT molecular complexity index is 461. The smallest absolute Gasteiger partial charge is 0.308 e. The first-order valence-corrected chi connectivity index (χ1v) is 5.73. The fourth-order valence-corrected chi connectivity index (χ4v) is 2.19. The number of carboxylic acids is 1. The Balaban J connectivity index is 2.03. The minimum atomic E-state index is -0.893. The van der Waals surface area contributed by atoms with Crippen LogP contribution in [0.4, 0.5) is 4.39 Å². The van der Waals surface area contributed by atoms with Crippen molar-refractivity contribution >= 4 is 11.9 Å². The minimum Gasteiger partial charge on any atom is -0.481 e. The standard InChI is InChI=1S/C12H13FN2O3/c13-10-5-4-7(6-14-10)11(16)15-9-3-1-2-8(9)12(17)18/h4-6,8-9H,1-3H2,(H,15,16)(H,17,18). The third kappa shape index (κ3) is 2.64. The largest absolute Gasteiger partial charge is 0.481 e. The summed E-state index contributed by atoms with van der Waals surface area (Å²) in [6.45, 7) is 0. The third-order valence-electron chi connectivity index (χ3n) is 3.14. The molecular formula is C12H13FN2O3. The van der Waals surface area contributed by atoms with Crippen LogP contribution in [0.5, 0.6) is 0 Å². The van der Waals surface area contributed by atoms with Gasteiger partial charge in [0.25, 0.3) is 5.91 Å². The topological polar surface area (TPSA) is 79.3 Å². The lowest BCUT2D eigenvalue weighted by Crippen LogP contribution is -2.40. The predicted octanol–water partition coefficient (Wildman–Crippen LogP) is 1.20. The number of hydrogen-bond donors (Lipinski definition) is 2. The van der Waals surface area contributed by atoms with E-state index in [1.807, 2.05) is 0 Å². The molecule has 1 aliphatic rings. The third-order valence-corrected chi connectivity index (χ3v) is 3.14. The molecule has 0 aromatic carbocycles. The second-order valence-electron chi connectivity index (χ2n) is 4.33. The number of nitrogens with one attached hydrogen (secondary N) is 1. The molecule has 0 spiro atoms. The van der Waals surface area contributed by atoms with Crippen molar-refractivity contribution < 1.29 is 19.1 Å². The van der Waals surface area contributed by atoms with Crippen LogP contribution in [-0.2, 0) is 4.79 Å². The van der Waals surface area contributed by atoms with E-state index < -0.39 is 23.7 Å². The molecule has 2 atom stereocenters. The van der Waals surface area contributed by atoms with Gasteiger partial charge in [0, 0.05) is 12.2 Å². The summed E-state index contributed by atoms with van der Waals surface area (Å²) in [6, 6.07) is 2.06. The molecule has 1 heterocycles. The lowest BCUT2D eigenvalue weighted by molar-refractivity contribution is -0.142. The van der Waals surface area contributed by atoms with E-state index >= 15 is 0 Å². The summed E-state index contributed by atoms with van der Waals surface area (Å²) >= 11 is 0. The van der Waals surface area contributed by atoms with Gasteiger partial charge in [0.05, 0.1) is 11.5 Å². The first-order chi connectivity index (χ1) is 8.58. The Kier molecular flexibility index (Phi) is 3.55. The van der Waals surface area contributed by atoms with Gasteiger partial charge in [0.15, 0.2) is 0 Å². The van der Waals surface area contributed by atoms with Crippen molar-refractivity contribution in [3.05, 3.63) is 29.8 Å². The number of carbonyl (C=O) groups is 2. The van der Waals surface area contributed by atoms with Gasteiger partial charge in [0.2, 0.25) is 5.95 Å². The Morgan fingerprint density at radius 3 is 2.78 bits per heavy atom. The maximum absolute atomic E-state index is 12.6. The Morgan fingerprint density at radius 1 is 1.39 bits per heavy atom. The molecule has 0 bridgehead atoms. The number of carbonyl (C=O) groups excluding carboxylic acids is 1. The molecule has 2 N–H and O–H groups in total. The number of halogens is 1. The van der Waals surface area contributed by atoms with Gasteiger partial charge in [-0.2, -0.15) is 4.39 Å². The number of hydrogen-bond acceptors (Lipinski definition) is 3. The number of nitrogens with zero attached hydrogens (tertiary/aromatic N) is 1. The van der Waals surface area contributed by atoms with Gasteiger partial charge in [-0.15, -0.1) is 0 Å². The van der Waals surface area contributed by atoms with Crippen LogP contribution in [0.2, 0.25) is 0 Å². The first-order valence-electron chi connectivity index (χ1n) is 5.73. The molecule has 2 unspecified atom stereocenters. The van der Waals surface area contributed by atoms with Crippen LogP contribution in [0.15, 0.2) is 18.3 Å². The zero-order valence-corrected chi connectivity index (χ0v) is 9.60. The van der Waals surface area contributed by atoms with Crippen molar-refractivity contribution in [2.75, 3.05) is 0 Å². The Hall–Kier alpha value is -1.98. The number of aromatic nitrogens is 1. The molecule has 1 fully saturated rings. The molecule has 0 saturated heterocycles. The summed E-state index contributed by atoms with van der Waals surface area (Å²) in [5.74, 6) is -2.51. The highest BCUT2D eigenvalue weighted by Gasteiger charge is 2.33. The second kappa shape index (κ2) is 5.12. The minimum absolute atomic E-state index is 0.229. The van der Waals surface area contributed by atoms with E-state index in [2.05, 4.69) is 10.3 Å². The van der Waals surface area contributed by atoms with Crippen LogP contribution in [0.3, 0.4) is 0 Å². The molecule has 1 amide bonds. The summed E-state index contributed by atoms with van der Waals surface area (Å²) in [5.41, 5.74) is 0.229. The molecule has 0 aliphatic heterocycles. The number of aliphatic carboxylic acids is 1. The number of carboxylic acid groups (broad SMARTS) is 1. The van der Waals surface area contributed by atoms with E-state index in [0.29, 0.717) is 12.8 Å². The summed E-state index contributed by atoms with van der Waals surface area (Å²) in [7, 11) is 0. The highest BCUT2D eigenvalue weighted by atomic mass is 19.1. The van der Waals surface area contributed by atoms with Crippen molar-refractivity contribution in [2.45, 2.75) is 25.3 Å². The van der Waals surface area contributed by atoms with Gasteiger partial charge in [0.1, 0.15) is 0 Å². The molecule has 1 aromatic rings. The highest BCUT2D eigenvalue weighted by Crippen LogP contribution is 2.26. The maximum atomic E-state index is 12.6. The maximum Gasteiger partial charge on any atom is 0.308 e. The van der Waals surface area contributed by atoms with E-state index in [1.165, 1.54) is 6.07 Å². The molecule has 1 saturated carbocycles. The average molecular weight is 252 g/mol. The molecular weight excluding hydrogens is 239 g/mol. The summed E-state index contributed by atoms with van der Waals surface area (Å²) in [5, 5.41) is 11.7. The zero-order valence-electron chi connectivity index (χ0n) is 9.60. The summed E-state index contributed by atoms with van der Waals surface area (Å²) < 4.78 is 12.6. The van der Waals surface area contributed by atoms with Crippen LogP contribution in [0.1, 0.15) is 29.6 Å². The normalized spacial score (nSPS) is 22.7. The number of amides is 1. The summed E-state index contributed by atoms with van der Waals surface area (Å²) in [4.78, 5) is 26.2. The van der Waals surface area contributed by atoms with Crippen molar-refractivity contribution in [1.29, 1.82) is 0 Å². The van der Waals surface area contributed by atoms with E-state index in [0.717, 1.165) is 18.7 Å². The fourth-order valence-electron chi connectivity index (χ4n) is 2.19. The molecule has 2 rings (SSSR count). The second-order valence-corrected chi connectivity index (χ2v) is 4.33. The lowest BCUT2D eigenvalue weighted by Gasteiger charge is -2.17. The van der Waals surface area contributed by atoms with Gasteiger partial charge < -0.3 is 10.4 Å². The monoisotopic (exact) mass is 252 g/mol. The van der Waals surface area contributed by atoms with Crippen LogP contribution in [0.25, 0.3) is 0 Å². The average Bonchev–Trinajstić information content (AvgIpc) is 2.78. The molecule has 1 aromatic heterocycles. The SMILES string of the molecule is O=C(NC1CCCC1C(=O)O)c1ccc(F)nc1. The lowest BCUT2D eigenvalue weighted by atomic mass is 10.0. The molecule has 0 radical (unpaired) electrons. The van der Waals surface area contributed by atoms with E-state index in [9.17, 15) is 14.0 Å². The van der Waals surface area contributed by atoms with Crippen LogP contribution >= 0.6 is 0 Å². The van der Waals surface area contributed by atoms with Crippen molar-refractivity contribution in [3.63, 3.8) is 0 Å². The van der Waals surface area contributed by atoms with Crippen molar-refractivity contribution in [1.82, 2.24) is 10.3 Å². The fraction of sp³-hybridized carbons (Fsp3) is 0.417.